The van der Waals surface area contributed by atoms with Crippen LogP contribution >= 0.6 is 0 Å². The van der Waals surface area contributed by atoms with Crippen molar-refractivity contribution in [2.45, 2.75) is 75.3 Å². The number of ketones is 1. The number of aliphatic hydroxyl groups is 1. The highest BCUT2D eigenvalue weighted by Gasteiger charge is 2.79. The first kappa shape index (κ1) is 31.8. The number of ether oxygens (including phenoxy) is 6. The Bertz CT molecular complexity index is 1670. The van der Waals surface area contributed by atoms with Crippen molar-refractivity contribution in [2.75, 3.05) is 20.8 Å². The molecule has 2 saturated heterocycles. The summed E-state index contributed by atoms with van der Waals surface area (Å²) in [4.78, 5) is 27.0. The van der Waals surface area contributed by atoms with Gasteiger partial charge in [-0.1, -0.05) is 56.0 Å². The summed E-state index contributed by atoms with van der Waals surface area (Å²) < 4.78 is 37.4. The number of methoxy groups -OCH3 is 2. The number of carbonyl (C=O) groups is 2. The summed E-state index contributed by atoms with van der Waals surface area (Å²) in [5, 5.41) is 12.4. The molecule has 8 atom stereocenters. The number of hydrogen-bond donors (Lipinski definition) is 1. The Balaban J connectivity index is 1.26. The van der Waals surface area contributed by atoms with Crippen molar-refractivity contribution < 1.29 is 43.1 Å². The molecule has 0 unspecified atom stereocenters. The van der Waals surface area contributed by atoms with Crippen LogP contribution in [-0.2, 0) is 41.4 Å². The lowest BCUT2D eigenvalue weighted by Gasteiger charge is -2.59. The molecule has 0 aromatic heterocycles. The molecule has 2 heterocycles. The van der Waals surface area contributed by atoms with Crippen molar-refractivity contribution >= 4 is 11.8 Å². The predicted molar refractivity (Wildman–Crippen MR) is 172 cm³/mol. The molecule has 2 aliphatic heterocycles. The van der Waals surface area contributed by atoms with Crippen molar-refractivity contribution in [3.8, 4) is 11.5 Å². The highest BCUT2D eigenvalue weighted by Crippen LogP contribution is 2.68. The Labute approximate surface area is 275 Å². The second-order valence-electron chi connectivity index (χ2n) is 13.9. The third kappa shape index (κ3) is 4.81. The number of carbonyl (C=O) groups excluding carboxylic acids is 2. The topological polar surface area (TPSA) is 110 Å². The van der Waals surface area contributed by atoms with Gasteiger partial charge in [-0.15, -0.1) is 0 Å². The molecule has 1 saturated carbocycles. The summed E-state index contributed by atoms with van der Waals surface area (Å²) in [5.74, 6) is -2.39. The molecule has 248 valence electrons. The molecule has 3 bridgehead atoms. The summed E-state index contributed by atoms with van der Waals surface area (Å²) in [6, 6.07) is 15.1. The van der Waals surface area contributed by atoms with Gasteiger partial charge in [0.05, 0.1) is 32.7 Å². The number of Topliss-reactive ketones (excluding diaryl/α,β-unsaturated/α-hetero) is 1. The highest BCUT2D eigenvalue weighted by molar-refractivity contribution is 6.04. The van der Waals surface area contributed by atoms with Crippen LogP contribution in [0.1, 0.15) is 44.7 Å². The molecule has 7 rings (SSSR count). The van der Waals surface area contributed by atoms with E-state index in [0.717, 1.165) is 11.1 Å². The maximum atomic E-state index is 13.8. The lowest BCUT2D eigenvalue weighted by Crippen LogP contribution is -2.70. The van der Waals surface area contributed by atoms with E-state index in [1.807, 2.05) is 49.4 Å². The van der Waals surface area contributed by atoms with E-state index in [2.05, 4.69) is 13.5 Å². The standard InChI is InChI=1S/C38H42O9/c1-22(2)36-18-24(4)38-30(34(36)45-37(46-36,47-38)20-25-10-8-7-9-11-25)15-27(19-35(41)31(38)12-23(3)33(35)40)21-44-32(39)16-26-13-28(42-5)17-29(14-26)43-6/h7-15,17,24,30-31,34,41H,1,16,18-21H2,2-6H3/t24-,30+,31-,34-,35-,36-,37-,38-/m1/s1. The SMILES string of the molecule is C=C(C)[C@]12C[C@@H](C)[C@@]34O[C@](Cc5ccccc5)(O[C@@H]1[C@@H]3C=C(COC(=O)Cc1cc(OC)cc(OC)c1)C[C@]1(O)C(=O)C(C)=C[C@@H]41)O2. The molecule has 3 fully saturated rings. The van der Waals surface area contributed by atoms with Crippen LogP contribution in [0.5, 0.6) is 11.5 Å². The summed E-state index contributed by atoms with van der Waals surface area (Å²) in [5.41, 5.74) is -0.110. The summed E-state index contributed by atoms with van der Waals surface area (Å²) >= 11 is 0. The summed E-state index contributed by atoms with van der Waals surface area (Å²) in [6.45, 7) is 10.0. The molecular formula is C38H42O9. The van der Waals surface area contributed by atoms with E-state index in [-0.39, 0.29) is 31.1 Å². The first-order valence-corrected chi connectivity index (χ1v) is 16.2. The quantitative estimate of drug-likeness (QED) is 0.297. The van der Waals surface area contributed by atoms with Crippen LogP contribution in [0.25, 0.3) is 0 Å². The lowest BCUT2D eigenvalue weighted by molar-refractivity contribution is -0.421. The molecule has 3 aliphatic carbocycles. The zero-order valence-corrected chi connectivity index (χ0v) is 27.5. The Hall–Kier alpha value is -3.76. The second-order valence-corrected chi connectivity index (χ2v) is 13.9. The Morgan fingerprint density at radius 1 is 1.04 bits per heavy atom. The average Bonchev–Trinajstić information content (AvgIpc) is 3.35. The molecule has 1 N–H and O–H groups in total. The van der Waals surface area contributed by atoms with E-state index >= 15 is 0 Å². The fourth-order valence-electron chi connectivity index (χ4n) is 8.85. The van der Waals surface area contributed by atoms with Crippen molar-refractivity contribution in [1.29, 1.82) is 0 Å². The predicted octanol–water partition coefficient (Wildman–Crippen LogP) is 5.05. The van der Waals surface area contributed by atoms with Gasteiger partial charge in [0, 0.05) is 24.3 Å². The molecule has 5 aliphatic rings. The third-order valence-corrected chi connectivity index (χ3v) is 10.9. The number of benzene rings is 2. The zero-order valence-electron chi connectivity index (χ0n) is 27.5. The number of rotatable bonds is 9. The number of fused-ring (bicyclic) bond motifs is 2. The van der Waals surface area contributed by atoms with Crippen LogP contribution in [0.2, 0.25) is 0 Å². The zero-order chi connectivity index (χ0) is 33.4. The lowest BCUT2D eigenvalue weighted by atomic mass is 9.55. The van der Waals surface area contributed by atoms with Crippen LogP contribution in [0, 0.1) is 17.8 Å². The molecular weight excluding hydrogens is 600 g/mol. The van der Waals surface area contributed by atoms with Gasteiger partial charge in [-0.2, -0.15) is 0 Å². The van der Waals surface area contributed by atoms with Gasteiger partial charge < -0.3 is 33.5 Å². The van der Waals surface area contributed by atoms with E-state index in [9.17, 15) is 14.7 Å². The first-order chi connectivity index (χ1) is 22.4. The molecule has 0 amide bonds. The van der Waals surface area contributed by atoms with Gasteiger partial charge in [0.25, 0.3) is 5.97 Å². The third-order valence-electron chi connectivity index (χ3n) is 10.9. The second kappa shape index (κ2) is 11.2. The number of hydrogen-bond acceptors (Lipinski definition) is 9. The maximum Gasteiger partial charge on any atom is 0.310 e. The molecule has 47 heavy (non-hydrogen) atoms. The van der Waals surface area contributed by atoms with E-state index in [0.29, 0.717) is 41.1 Å². The molecule has 0 radical (unpaired) electrons. The van der Waals surface area contributed by atoms with Gasteiger partial charge in [0.2, 0.25) is 0 Å². The number of esters is 1. The average molecular weight is 643 g/mol. The van der Waals surface area contributed by atoms with Crippen LogP contribution < -0.4 is 9.47 Å². The minimum atomic E-state index is -1.79. The fraction of sp³-hybridized carbons (Fsp3) is 0.474. The van der Waals surface area contributed by atoms with Crippen molar-refractivity contribution in [1.82, 2.24) is 0 Å². The fourth-order valence-corrected chi connectivity index (χ4v) is 8.85. The maximum absolute atomic E-state index is 13.8. The highest BCUT2D eigenvalue weighted by atomic mass is 16.9. The van der Waals surface area contributed by atoms with Gasteiger partial charge in [-0.05, 0) is 66.2 Å². The van der Waals surface area contributed by atoms with Crippen LogP contribution in [0.15, 0.2) is 84.0 Å². The van der Waals surface area contributed by atoms with Crippen LogP contribution in [0.3, 0.4) is 0 Å². The van der Waals surface area contributed by atoms with Crippen molar-refractivity contribution in [3.63, 3.8) is 0 Å². The Morgan fingerprint density at radius 2 is 1.74 bits per heavy atom. The van der Waals surface area contributed by atoms with Gasteiger partial charge in [0.1, 0.15) is 35.4 Å². The molecule has 9 nitrogen and oxygen atoms in total. The van der Waals surface area contributed by atoms with Crippen LogP contribution in [0.4, 0.5) is 0 Å². The Kier molecular flexibility index (Phi) is 7.55. The van der Waals surface area contributed by atoms with E-state index < -0.39 is 46.7 Å². The Morgan fingerprint density at radius 3 is 2.40 bits per heavy atom. The molecule has 0 spiro atoms. The van der Waals surface area contributed by atoms with Gasteiger partial charge in [-0.3, -0.25) is 9.59 Å². The largest absolute Gasteiger partial charge is 0.497 e. The van der Waals surface area contributed by atoms with E-state index in [4.69, 9.17) is 28.4 Å². The van der Waals surface area contributed by atoms with Gasteiger partial charge >= 0.3 is 5.97 Å². The van der Waals surface area contributed by atoms with Gasteiger partial charge in [0.15, 0.2) is 5.78 Å². The first-order valence-electron chi connectivity index (χ1n) is 16.2. The molecule has 2 aromatic rings. The minimum Gasteiger partial charge on any atom is -0.497 e. The molecule has 9 heteroatoms. The smallest absolute Gasteiger partial charge is 0.310 e. The van der Waals surface area contributed by atoms with Crippen LogP contribution in [-0.4, -0.2) is 66.6 Å². The summed E-state index contributed by atoms with van der Waals surface area (Å²) in [6.07, 6.45) is 4.24. The molecule has 2 aromatic carbocycles. The monoisotopic (exact) mass is 642 g/mol. The van der Waals surface area contributed by atoms with Crippen molar-refractivity contribution in [2.24, 2.45) is 17.8 Å². The van der Waals surface area contributed by atoms with E-state index in [1.165, 1.54) is 0 Å². The van der Waals surface area contributed by atoms with E-state index in [1.54, 1.807) is 39.3 Å². The normalized spacial score (nSPS) is 36.5. The van der Waals surface area contributed by atoms with Gasteiger partial charge in [-0.25, -0.2) is 0 Å². The van der Waals surface area contributed by atoms with Crippen molar-refractivity contribution in [3.05, 3.63) is 95.1 Å². The minimum absolute atomic E-state index is 0.00172. The summed E-state index contributed by atoms with van der Waals surface area (Å²) in [7, 11) is 3.10.